The highest BCUT2D eigenvalue weighted by molar-refractivity contribution is 5.78. The van der Waals surface area contributed by atoms with E-state index in [4.69, 9.17) is 0 Å². The van der Waals surface area contributed by atoms with Crippen molar-refractivity contribution < 1.29 is 4.79 Å². The second-order valence-electron chi connectivity index (χ2n) is 5.75. The number of carbonyl (C=O) groups excluding carboxylic acids is 1. The summed E-state index contributed by atoms with van der Waals surface area (Å²) in [7, 11) is 0. The van der Waals surface area contributed by atoms with E-state index in [9.17, 15) is 4.79 Å². The Hall–Kier alpha value is -0.850. The third-order valence-corrected chi connectivity index (χ3v) is 4.23. The molecule has 0 aromatic carbocycles. The van der Waals surface area contributed by atoms with Crippen LogP contribution in [0.3, 0.4) is 0 Å². The SMILES string of the molecule is CC(=O)C(C)CC1=C(C)C=CC(C)C1(C)C. The molecule has 2 atom stereocenters. The lowest BCUT2D eigenvalue weighted by atomic mass is 9.67. The lowest BCUT2D eigenvalue weighted by molar-refractivity contribution is -0.120. The summed E-state index contributed by atoms with van der Waals surface area (Å²) in [6, 6.07) is 0. The summed E-state index contributed by atoms with van der Waals surface area (Å²) >= 11 is 0. The quantitative estimate of drug-likeness (QED) is 0.698. The maximum Gasteiger partial charge on any atom is 0.132 e. The molecule has 0 radical (unpaired) electrons. The third kappa shape index (κ3) is 2.45. The number of hydrogen-bond donors (Lipinski definition) is 0. The summed E-state index contributed by atoms with van der Waals surface area (Å²) in [4.78, 5) is 11.4. The van der Waals surface area contributed by atoms with Crippen molar-refractivity contribution in [3.8, 4) is 0 Å². The van der Waals surface area contributed by atoms with E-state index in [-0.39, 0.29) is 11.3 Å². The summed E-state index contributed by atoms with van der Waals surface area (Å²) in [6.45, 7) is 12.7. The van der Waals surface area contributed by atoms with Crippen LogP contribution in [0.25, 0.3) is 0 Å². The fraction of sp³-hybridized carbons (Fsp3) is 0.667. The van der Waals surface area contributed by atoms with Crippen molar-refractivity contribution in [3.63, 3.8) is 0 Å². The minimum atomic E-state index is 0.142. The van der Waals surface area contributed by atoms with Crippen molar-refractivity contribution in [1.29, 1.82) is 0 Å². The second kappa shape index (κ2) is 4.57. The van der Waals surface area contributed by atoms with Gasteiger partial charge in [0.25, 0.3) is 0 Å². The summed E-state index contributed by atoms with van der Waals surface area (Å²) < 4.78 is 0. The fourth-order valence-electron chi connectivity index (χ4n) is 2.29. The van der Waals surface area contributed by atoms with E-state index in [1.54, 1.807) is 6.92 Å². The monoisotopic (exact) mass is 220 g/mol. The lowest BCUT2D eigenvalue weighted by Gasteiger charge is -2.38. The van der Waals surface area contributed by atoms with Gasteiger partial charge in [-0.05, 0) is 31.6 Å². The smallest absolute Gasteiger partial charge is 0.132 e. The van der Waals surface area contributed by atoms with E-state index in [1.807, 2.05) is 6.92 Å². The highest BCUT2D eigenvalue weighted by Crippen LogP contribution is 2.43. The average Bonchev–Trinajstić information content (AvgIpc) is 2.18. The van der Waals surface area contributed by atoms with Crippen LogP contribution in [-0.4, -0.2) is 5.78 Å². The molecule has 0 spiro atoms. The van der Waals surface area contributed by atoms with Crippen molar-refractivity contribution in [2.24, 2.45) is 17.3 Å². The molecule has 0 aromatic heterocycles. The zero-order valence-corrected chi connectivity index (χ0v) is 11.4. The average molecular weight is 220 g/mol. The molecule has 90 valence electrons. The van der Waals surface area contributed by atoms with Crippen molar-refractivity contribution in [2.75, 3.05) is 0 Å². The first kappa shape index (κ1) is 13.2. The van der Waals surface area contributed by atoms with Crippen LogP contribution in [0.5, 0.6) is 0 Å². The zero-order chi connectivity index (χ0) is 12.5. The van der Waals surface area contributed by atoms with Gasteiger partial charge in [-0.15, -0.1) is 0 Å². The van der Waals surface area contributed by atoms with Gasteiger partial charge in [-0.25, -0.2) is 0 Å². The lowest BCUT2D eigenvalue weighted by Crippen LogP contribution is -2.28. The number of carbonyl (C=O) groups is 1. The molecule has 0 bridgehead atoms. The van der Waals surface area contributed by atoms with Crippen LogP contribution in [-0.2, 0) is 4.79 Å². The van der Waals surface area contributed by atoms with Gasteiger partial charge in [-0.1, -0.05) is 51.0 Å². The Balaban J connectivity index is 2.99. The van der Waals surface area contributed by atoms with Crippen LogP contribution < -0.4 is 0 Å². The van der Waals surface area contributed by atoms with Crippen LogP contribution in [0, 0.1) is 17.3 Å². The van der Waals surface area contributed by atoms with Gasteiger partial charge in [0, 0.05) is 5.92 Å². The Morgan fingerprint density at radius 2 is 2.06 bits per heavy atom. The van der Waals surface area contributed by atoms with Crippen molar-refractivity contribution in [1.82, 2.24) is 0 Å². The van der Waals surface area contributed by atoms with E-state index in [0.29, 0.717) is 11.7 Å². The van der Waals surface area contributed by atoms with E-state index in [1.165, 1.54) is 11.1 Å². The molecule has 0 aliphatic heterocycles. The molecule has 0 aromatic rings. The summed E-state index contributed by atoms with van der Waals surface area (Å²) in [5, 5.41) is 0. The normalized spacial score (nSPS) is 25.8. The Labute approximate surface area is 99.6 Å². The molecule has 16 heavy (non-hydrogen) atoms. The third-order valence-electron chi connectivity index (χ3n) is 4.23. The molecule has 0 saturated carbocycles. The summed E-state index contributed by atoms with van der Waals surface area (Å²) in [6.07, 6.45) is 5.39. The number of ketones is 1. The Bertz CT molecular complexity index is 344. The van der Waals surface area contributed by atoms with E-state index < -0.39 is 0 Å². The Kier molecular flexibility index (Phi) is 3.77. The van der Waals surface area contributed by atoms with Gasteiger partial charge < -0.3 is 0 Å². The van der Waals surface area contributed by atoms with E-state index >= 15 is 0 Å². The maximum atomic E-state index is 11.4. The van der Waals surface area contributed by atoms with Crippen molar-refractivity contribution in [3.05, 3.63) is 23.3 Å². The Morgan fingerprint density at radius 1 is 1.50 bits per heavy atom. The molecular formula is C15H24O. The van der Waals surface area contributed by atoms with Gasteiger partial charge in [0.15, 0.2) is 0 Å². The largest absolute Gasteiger partial charge is 0.300 e. The molecule has 1 aliphatic carbocycles. The highest BCUT2D eigenvalue weighted by Gasteiger charge is 2.33. The highest BCUT2D eigenvalue weighted by atomic mass is 16.1. The van der Waals surface area contributed by atoms with Gasteiger partial charge in [-0.2, -0.15) is 0 Å². The maximum absolute atomic E-state index is 11.4. The Morgan fingerprint density at radius 3 is 2.56 bits per heavy atom. The van der Waals surface area contributed by atoms with E-state index in [2.05, 4.69) is 39.8 Å². The second-order valence-corrected chi connectivity index (χ2v) is 5.75. The van der Waals surface area contributed by atoms with Crippen molar-refractivity contribution in [2.45, 2.75) is 48.0 Å². The topological polar surface area (TPSA) is 17.1 Å². The first-order chi connectivity index (χ1) is 7.26. The zero-order valence-electron chi connectivity index (χ0n) is 11.4. The molecule has 2 unspecified atom stereocenters. The molecule has 1 rings (SSSR count). The van der Waals surface area contributed by atoms with Crippen LogP contribution in [0.4, 0.5) is 0 Å². The van der Waals surface area contributed by atoms with Crippen LogP contribution in [0.15, 0.2) is 23.3 Å². The molecule has 1 aliphatic rings. The molecule has 0 N–H and O–H groups in total. The molecule has 0 amide bonds. The number of rotatable bonds is 3. The van der Waals surface area contributed by atoms with Crippen LogP contribution in [0.2, 0.25) is 0 Å². The van der Waals surface area contributed by atoms with Gasteiger partial charge in [0.1, 0.15) is 5.78 Å². The number of hydrogen-bond acceptors (Lipinski definition) is 1. The van der Waals surface area contributed by atoms with E-state index in [0.717, 1.165) is 6.42 Å². The van der Waals surface area contributed by atoms with Crippen LogP contribution in [0.1, 0.15) is 48.0 Å². The van der Waals surface area contributed by atoms with Gasteiger partial charge >= 0.3 is 0 Å². The first-order valence-corrected chi connectivity index (χ1v) is 6.15. The molecule has 1 heteroatoms. The van der Waals surface area contributed by atoms with Crippen molar-refractivity contribution >= 4 is 5.78 Å². The summed E-state index contributed by atoms with van der Waals surface area (Å²) in [5.74, 6) is 0.978. The molecule has 1 nitrogen and oxygen atoms in total. The van der Waals surface area contributed by atoms with Gasteiger partial charge in [-0.3, -0.25) is 4.79 Å². The first-order valence-electron chi connectivity index (χ1n) is 6.15. The summed E-state index contributed by atoms with van der Waals surface area (Å²) in [5.41, 5.74) is 2.98. The molecule has 0 saturated heterocycles. The predicted octanol–water partition coefficient (Wildman–Crippen LogP) is 4.15. The van der Waals surface area contributed by atoms with Gasteiger partial charge in [0.2, 0.25) is 0 Å². The number of Topliss-reactive ketones (excluding diaryl/α,β-unsaturated/α-hetero) is 1. The van der Waals surface area contributed by atoms with Crippen LogP contribution >= 0.6 is 0 Å². The minimum Gasteiger partial charge on any atom is -0.300 e. The standard InChI is InChI=1S/C15H24O/c1-10-7-8-12(3)15(5,6)14(10)9-11(2)13(4)16/h7-8,11-12H,9H2,1-6H3. The number of allylic oxidation sites excluding steroid dienone is 4. The van der Waals surface area contributed by atoms with Gasteiger partial charge in [0.05, 0.1) is 0 Å². The molecular weight excluding hydrogens is 196 g/mol. The fourth-order valence-corrected chi connectivity index (χ4v) is 2.29. The molecule has 0 fully saturated rings. The molecule has 0 heterocycles. The minimum absolute atomic E-state index is 0.142. The predicted molar refractivity (Wildman–Crippen MR) is 69.2 cm³/mol.